The molecule has 6 heteroatoms. The molecular formula is C11H14N2O3S. The monoisotopic (exact) mass is 254 g/mol. The summed E-state index contributed by atoms with van der Waals surface area (Å²) in [6.07, 6.45) is 0.449. The van der Waals surface area contributed by atoms with Gasteiger partial charge in [0.15, 0.2) is 0 Å². The molecule has 17 heavy (non-hydrogen) atoms. The highest BCUT2D eigenvalue weighted by Crippen LogP contribution is 2.39. The Morgan fingerprint density at radius 2 is 2.29 bits per heavy atom. The fourth-order valence-corrected chi connectivity index (χ4v) is 2.51. The summed E-state index contributed by atoms with van der Waals surface area (Å²) in [5, 5.41) is 14.3. The number of carboxylic acids is 1. The molecule has 1 saturated carbocycles. The van der Waals surface area contributed by atoms with Crippen LogP contribution in [-0.4, -0.2) is 22.0 Å². The van der Waals surface area contributed by atoms with Gasteiger partial charge in [-0.15, -0.1) is 11.3 Å². The molecule has 1 amide bonds. The van der Waals surface area contributed by atoms with Gasteiger partial charge in [-0.2, -0.15) is 0 Å². The lowest BCUT2D eigenvalue weighted by molar-refractivity contribution is -0.140. The van der Waals surface area contributed by atoms with Crippen LogP contribution in [0.2, 0.25) is 0 Å². The van der Waals surface area contributed by atoms with Crippen LogP contribution in [0.5, 0.6) is 0 Å². The lowest BCUT2D eigenvalue weighted by Gasteiger charge is -2.10. The standard InChI is InChI=1S/C11H14N2O3S/c1-5-4-17-10(12-5)6(2)13-9(14)7-3-8(7)11(15)16/h4,6-8H,3H2,1-2H3,(H,13,14)(H,15,16)/t6?,7-,8+/m1/s1. The van der Waals surface area contributed by atoms with Crippen LogP contribution in [0.1, 0.15) is 30.1 Å². The number of thiazole rings is 1. The Kier molecular flexibility index (Phi) is 3.15. The maximum absolute atomic E-state index is 11.7. The van der Waals surface area contributed by atoms with E-state index in [0.717, 1.165) is 10.7 Å². The molecule has 0 bridgehead atoms. The van der Waals surface area contributed by atoms with E-state index in [9.17, 15) is 9.59 Å². The zero-order valence-electron chi connectivity index (χ0n) is 9.64. The summed E-state index contributed by atoms with van der Waals surface area (Å²) >= 11 is 1.50. The van der Waals surface area contributed by atoms with Crippen molar-refractivity contribution < 1.29 is 14.7 Å². The molecule has 92 valence electrons. The number of hydrogen-bond acceptors (Lipinski definition) is 4. The molecule has 0 saturated heterocycles. The van der Waals surface area contributed by atoms with E-state index in [0.29, 0.717) is 6.42 Å². The number of rotatable bonds is 4. The zero-order valence-corrected chi connectivity index (χ0v) is 10.5. The fraction of sp³-hybridized carbons (Fsp3) is 0.545. The van der Waals surface area contributed by atoms with Crippen LogP contribution in [0, 0.1) is 18.8 Å². The van der Waals surface area contributed by atoms with Crippen LogP contribution in [0.4, 0.5) is 0 Å². The van der Waals surface area contributed by atoms with E-state index in [1.807, 2.05) is 19.2 Å². The largest absolute Gasteiger partial charge is 0.481 e. The number of nitrogens with one attached hydrogen (secondary N) is 1. The lowest BCUT2D eigenvalue weighted by atomic mass is 10.2. The molecule has 2 rings (SSSR count). The van der Waals surface area contributed by atoms with Gasteiger partial charge < -0.3 is 10.4 Å². The van der Waals surface area contributed by atoms with Gasteiger partial charge in [0.05, 0.1) is 17.9 Å². The molecule has 1 aromatic heterocycles. The van der Waals surface area contributed by atoms with Crippen molar-refractivity contribution in [2.75, 3.05) is 0 Å². The van der Waals surface area contributed by atoms with Crippen molar-refractivity contribution in [3.63, 3.8) is 0 Å². The molecule has 2 N–H and O–H groups in total. The first-order chi connectivity index (χ1) is 7.99. The summed E-state index contributed by atoms with van der Waals surface area (Å²) < 4.78 is 0. The van der Waals surface area contributed by atoms with Crippen molar-refractivity contribution in [3.8, 4) is 0 Å². The molecule has 0 radical (unpaired) electrons. The highest BCUT2D eigenvalue weighted by Gasteiger charge is 2.48. The highest BCUT2D eigenvalue weighted by atomic mass is 32.1. The van der Waals surface area contributed by atoms with Gasteiger partial charge in [0.25, 0.3) is 0 Å². The third-order valence-corrected chi connectivity index (χ3v) is 3.96. The van der Waals surface area contributed by atoms with Gasteiger partial charge in [-0.25, -0.2) is 4.98 Å². The Morgan fingerprint density at radius 3 is 2.76 bits per heavy atom. The third kappa shape index (κ3) is 2.63. The lowest BCUT2D eigenvalue weighted by Crippen LogP contribution is -2.29. The molecular weight excluding hydrogens is 240 g/mol. The molecule has 0 spiro atoms. The molecule has 1 fully saturated rings. The predicted molar refractivity (Wildman–Crippen MR) is 62.6 cm³/mol. The van der Waals surface area contributed by atoms with Gasteiger partial charge in [0, 0.05) is 11.1 Å². The molecule has 1 heterocycles. The van der Waals surface area contributed by atoms with E-state index >= 15 is 0 Å². The van der Waals surface area contributed by atoms with Crippen LogP contribution < -0.4 is 5.32 Å². The Hall–Kier alpha value is -1.43. The highest BCUT2D eigenvalue weighted by molar-refractivity contribution is 7.09. The number of aromatic nitrogens is 1. The summed E-state index contributed by atoms with van der Waals surface area (Å²) in [7, 11) is 0. The second-order valence-corrected chi connectivity index (χ2v) is 5.23. The van der Waals surface area contributed by atoms with Crippen LogP contribution in [-0.2, 0) is 9.59 Å². The Balaban J connectivity index is 1.90. The fourth-order valence-electron chi connectivity index (χ4n) is 1.71. The van der Waals surface area contributed by atoms with E-state index in [1.165, 1.54) is 11.3 Å². The number of aryl methyl sites for hydroxylation is 1. The average molecular weight is 254 g/mol. The van der Waals surface area contributed by atoms with Crippen molar-refractivity contribution in [3.05, 3.63) is 16.1 Å². The van der Waals surface area contributed by atoms with Crippen LogP contribution in [0.25, 0.3) is 0 Å². The molecule has 0 aromatic carbocycles. The normalized spacial score (nSPS) is 24.1. The Labute approximate surface area is 103 Å². The van der Waals surface area contributed by atoms with Crippen molar-refractivity contribution in [1.29, 1.82) is 0 Å². The van der Waals surface area contributed by atoms with Crippen molar-refractivity contribution in [1.82, 2.24) is 10.3 Å². The first-order valence-electron chi connectivity index (χ1n) is 5.44. The van der Waals surface area contributed by atoms with Gasteiger partial charge in [-0.3, -0.25) is 9.59 Å². The second kappa shape index (κ2) is 4.44. The Bertz CT molecular complexity index is 457. The van der Waals surface area contributed by atoms with E-state index in [-0.39, 0.29) is 17.9 Å². The number of carbonyl (C=O) groups is 2. The first kappa shape index (κ1) is 12.0. The van der Waals surface area contributed by atoms with Crippen molar-refractivity contribution in [2.45, 2.75) is 26.3 Å². The van der Waals surface area contributed by atoms with E-state index in [2.05, 4.69) is 10.3 Å². The smallest absolute Gasteiger partial charge is 0.307 e. The average Bonchev–Trinajstić information content (AvgIpc) is 2.95. The van der Waals surface area contributed by atoms with E-state index < -0.39 is 11.9 Å². The van der Waals surface area contributed by atoms with Crippen LogP contribution in [0.3, 0.4) is 0 Å². The minimum absolute atomic E-state index is 0.156. The predicted octanol–water partition coefficient (Wildman–Crippen LogP) is 1.35. The number of amides is 1. The van der Waals surface area contributed by atoms with Crippen molar-refractivity contribution in [2.24, 2.45) is 11.8 Å². The zero-order chi connectivity index (χ0) is 12.6. The molecule has 1 aliphatic carbocycles. The second-order valence-electron chi connectivity index (χ2n) is 4.34. The topological polar surface area (TPSA) is 79.3 Å². The van der Waals surface area contributed by atoms with Gasteiger partial charge in [-0.05, 0) is 20.3 Å². The maximum Gasteiger partial charge on any atom is 0.307 e. The molecule has 3 atom stereocenters. The summed E-state index contributed by atoms with van der Waals surface area (Å²) in [4.78, 5) is 26.6. The first-order valence-corrected chi connectivity index (χ1v) is 6.32. The minimum atomic E-state index is -0.886. The van der Waals surface area contributed by atoms with Crippen LogP contribution in [0.15, 0.2) is 5.38 Å². The molecule has 0 aliphatic heterocycles. The van der Waals surface area contributed by atoms with Crippen molar-refractivity contribution >= 4 is 23.2 Å². The molecule has 1 unspecified atom stereocenters. The number of hydrogen-bond donors (Lipinski definition) is 2. The van der Waals surface area contributed by atoms with Gasteiger partial charge in [0.2, 0.25) is 5.91 Å². The summed E-state index contributed by atoms with van der Waals surface area (Å²) in [5.41, 5.74) is 0.931. The van der Waals surface area contributed by atoms with Gasteiger partial charge in [-0.1, -0.05) is 0 Å². The van der Waals surface area contributed by atoms with Gasteiger partial charge >= 0.3 is 5.97 Å². The summed E-state index contributed by atoms with van der Waals surface area (Å²) in [6, 6.07) is -0.156. The van der Waals surface area contributed by atoms with E-state index in [1.54, 1.807) is 0 Å². The van der Waals surface area contributed by atoms with E-state index in [4.69, 9.17) is 5.11 Å². The number of carbonyl (C=O) groups excluding carboxylic acids is 1. The minimum Gasteiger partial charge on any atom is -0.481 e. The summed E-state index contributed by atoms with van der Waals surface area (Å²) in [6.45, 7) is 3.75. The SMILES string of the molecule is Cc1csc(C(C)NC(=O)[C@@H]2C[C@@H]2C(=O)O)n1. The number of carboxylic acid groups (broad SMARTS) is 1. The van der Waals surface area contributed by atoms with Crippen LogP contribution >= 0.6 is 11.3 Å². The molecule has 5 nitrogen and oxygen atoms in total. The maximum atomic E-state index is 11.7. The summed E-state index contributed by atoms with van der Waals surface area (Å²) in [5.74, 6) is -1.93. The quantitative estimate of drug-likeness (QED) is 0.850. The Morgan fingerprint density at radius 1 is 1.59 bits per heavy atom. The number of nitrogens with zero attached hydrogens (tertiary/aromatic N) is 1. The molecule has 1 aromatic rings. The third-order valence-electron chi connectivity index (χ3n) is 2.81. The molecule has 1 aliphatic rings. The number of aliphatic carboxylic acids is 1. The van der Waals surface area contributed by atoms with Gasteiger partial charge in [0.1, 0.15) is 5.01 Å².